The third-order valence-corrected chi connectivity index (χ3v) is 5.10. The molecule has 0 saturated heterocycles. The molecule has 0 amide bonds. The summed E-state index contributed by atoms with van der Waals surface area (Å²) in [4.78, 5) is 17.5. The molecule has 0 bridgehead atoms. The molecule has 1 heterocycles. The average Bonchev–Trinajstić information content (AvgIpc) is 3.02. The molecule has 0 aliphatic heterocycles. The second-order valence-corrected chi connectivity index (χ2v) is 7.42. The number of hydrogen-bond acceptors (Lipinski definition) is 6. The van der Waals surface area contributed by atoms with E-state index < -0.39 is 0 Å². The summed E-state index contributed by atoms with van der Waals surface area (Å²) in [6.07, 6.45) is 0. The first kappa shape index (κ1) is 18.9. The standard InChI is InChI=1S/C21H23N3O2S/c1-4-26-17-11-7-15(8-12-17)18(25)19-20(22)24-21(27-19)23-16-9-5-14(6-10-16)13(2)3/h5-13H,4,22H2,1-3H3,(H,23,24). The van der Waals surface area contributed by atoms with E-state index in [-0.39, 0.29) is 11.6 Å². The molecule has 3 rings (SSSR count). The van der Waals surface area contributed by atoms with Gasteiger partial charge in [-0.15, -0.1) is 0 Å². The Labute approximate surface area is 163 Å². The number of benzene rings is 2. The molecule has 0 spiro atoms. The number of nitrogens with one attached hydrogen (secondary N) is 1. The van der Waals surface area contributed by atoms with Crippen molar-refractivity contribution in [3.8, 4) is 5.75 Å². The number of aromatic nitrogens is 1. The third-order valence-electron chi connectivity index (χ3n) is 4.12. The van der Waals surface area contributed by atoms with E-state index in [9.17, 15) is 4.79 Å². The molecule has 0 atom stereocenters. The van der Waals surface area contributed by atoms with Gasteiger partial charge in [0, 0.05) is 11.3 Å². The molecular weight excluding hydrogens is 358 g/mol. The third kappa shape index (κ3) is 4.46. The van der Waals surface area contributed by atoms with Crippen molar-refractivity contribution in [3.05, 3.63) is 64.5 Å². The topological polar surface area (TPSA) is 77.2 Å². The number of nitrogens with two attached hydrogens (primary N) is 1. The van der Waals surface area contributed by atoms with Crippen molar-refractivity contribution in [2.75, 3.05) is 17.7 Å². The number of anilines is 3. The van der Waals surface area contributed by atoms with Crippen LogP contribution >= 0.6 is 11.3 Å². The highest BCUT2D eigenvalue weighted by atomic mass is 32.1. The molecule has 27 heavy (non-hydrogen) atoms. The smallest absolute Gasteiger partial charge is 0.206 e. The molecule has 0 aliphatic rings. The van der Waals surface area contributed by atoms with Gasteiger partial charge in [-0.2, -0.15) is 0 Å². The second-order valence-electron chi connectivity index (χ2n) is 6.42. The van der Waals surface area contributed by atoms with Crippen LogP contribution in [-0.4, -0.2) is 17.4 Å². The number of ether oxygens (including phenoxy) is 1. The number of ketones is 1. The minimum Gasteiger partial charge on any atom is -0.494 e. The number of thiazole rings is 1. The molecule has 3 aromatic rings. The number of carbonyl (C=O) groups is 1. The Balaban J connectivity index is 1.76. The predicted molar refractivity (Wildman–Crippen MR) is 111 cm³/mol. The van der Waals surface area contributed by atoms with Gasteiger partial charge in [-0.3, -0.25) is 4.79 Å². The van der Waals surface area contributed by atoms with E-state index in [1.165, 1.54) is 16.9 Å². The van der Waals surface area contributed by atoms with Gasteiger partial charge in [-0.05, 0) is 54.8 Å². The lowest BCUT2D eigenvalue weighted by Gasteiger charge is -2.07. The number of nitrogen functional groups attached to an aromatic ring is 1. The Bertz CT molecular complexity index is 916. The molecule has 0 unspecified atom stereocenters. The summed E-state index contributed by atoms with van der Waals surface area (Å²) in [5.74, 6) is 1.31. The van der Waals surface area contributed by atoms with E-state index in [1.54, 1.807) is 24.3 Å². The zero-order valence-corrected chi connectivity index (χ0v) is 16.5. The lowest BCUT2D eigenvalue weighted by Crippen LogP contribution is -2.02. The van der Waals surface area contributed by atoms with Gasteiger partial charge in [0.1, 0.15) is 16.4 Å². The van der Waals surface area contributed by atoms with Crippen molar-refractivity contribution in [1.82, 2.24) is 4.98 Å². The summed E-state index contributed by atoms with van der Waals surface area (Å²) in [7, 11) is 0. The van der Waals surface area contributed by atoms with Crippen LogP contribution in [0.3, 0.4) is 0 Å². The van der Waals surface area contributed by atoms with Crippen molar-refractivity contribution in [2.45, 2.75) is 26.7 Å². The maximum atomic E-state index is 12.7. The van der Waals surface area contributed by atoms with E-state index in [0.29, 0.717) is 28.1 Å². The predicted octanol–water partition coefficient (Wildman–Crippen LogP) is 5.22. The van der Waals surface area contributed by atoms with Gasteiger partial charge in [-0.25, -0.2) is 4.98 Å². The van der Waals surface area contributed by atoms with Crippen LogP contribution in [0.4, 0.5) is 16.6 Å². The summed E-state index contributed by atoms with van der Waals surface area (Å²) in [5, 5.41) is 3.82. The van der Waals surface area contributed by atoms with Crippen molar-refractivity contribution < 1.29 is 9.53 Å². The van der Waals surface area contributed by atoms with Crippen LogP contribution in [0.15, 0.2) is 48.5 Å². The van der Waals surface area contributed by atoms with Gasteiger partial charge in [0.15, 0.2) is 5.13 Å². The van der Waals surface area contributed by atoms with E-state index in [2.05, 4.69) is 36.3 Å². The highest BCUT2D eigenvalue weighted by Gasteiger charge is 2.18. The lowest BCUT2D eigenvalue weighted by molar-refractivity contribution is 0.104. The highest BCUT2D eigenvalue weighted by molar-refractivity contribution is 7.18. The normalized spacial score (nSPS) is 10.8. The molecule has 3 N–H and O–H groups in total. The summed E-state index contributed by atoms with van der Waals surface area (Å²) in [6, 6.07) is 15.2. The minimum absolute atomic E-state index is 0.142. The van der Waals surface area contributed by atoms with Crippen LogP contribution in [0.2, 0.25) is 0 Å². The molecule has 6 heteroatoms. The maximum Gasteiger partial charge on any atom is 0.206 e. The number of nitrogens with zero attached hydrogens (tertiary/aromatic N) is 1. The van der Waals surface area contributed by atoms with Crippen LogP contribution in [0, 0.1) is 0 Å². The summed E-state index contributed by atoms with van der Waals surface area (Å²) in [6.45, 7) is 6.82. The molecule has 0 aliphatic carbocycles. The zero-order chi connectivity index (χ0) is 19.4. The Morgan fingerprint density at radius 2 is 1.81 bits per heavy atom. The quantitative estimate of drug-likeness (QED) is 0.549. The largest absolute Gasteiger partial charge is 0.494 e. The Kier molecular flexibility index (Phi) is 5.76. The van der Waals surface area contributed by atoms with E-state index in [0.717, 1.165) is 11.4 Å². The highest BCUT2D eigenvalue weighted by Crippen LogP contribution is 2.30. The average molecular weight is 382 g/mol. The molecule has 0 radical (unpaired) electrons. The molecular formula is C21H23N3O2S. The van der Waals surface area contributed by atoms with Crippen LogP contribution in [0.25, 0.3) is 0 Å². The fraction of sp³-hybridized carbons (Fsp3) is 0.238. The first-order valence-corrected chi connectivity index (χ1v) is 9.70. The van der Waals surface area contributed by atoms with Crippen LogP contribution in [0.1, 0.15) is 47.5 Å². The van der Waals surface area contributed by atoms with E-state index >= 15 is 0 Å². The minimum atomic E-state index is -0.142. The summed E-state index contributed by atoms with van der Waals surface area (Å²) >= 11 is 1.25. The molecule has 1 aromatic heterocycles. The SMILES string of the molecule is CCOc1ccc(C(=O)c2sc(Nc3ccc(C(C)C)cc3)nc2N)cc1. The molecule has 5 nitrogen and oxygen atoms in total. The van der Waals surface area contributed by atoms with Gasteiger partial charge in [0.05, 0.1) is 6.61 Å². The Morgan fingerprint density at radius 3 is 2.41 bits per heavy atom. The maximum absolute atomic E-state index is 12.7. The molecule has 0 fully saturated rings. The fourth-order valence-corrected chi connectivity index (χ4v) is 3.49. The monoisotopic (exact) mass is 381 g/mol. The fourth-order valence-electron chi connectivity index (χ4n) is 2.62. The van der Waals surface area contributed by atoms with Crippen molar-refractivity contribution in [1.29, 1.82) is 0 Å². The van der Waals surface area contributed by atoms with Gasteiger partial charge in [0.2, 0.25) is 5.78 Å². The van der Waals surface area contributed by atoms with E-state index in [4.69, 9.17) is 10.5 Å². The number of carbonyl (C=O) groups excluding carboxylic acids is 1. The molecule has 0 saturated carbocycles. The van der Waals surface area contributed by atoms with Crippen molar-refractivity contribution in [2.24, 2.45) is 0 Å². The van der Waals surface area contributed by atoms with Crippen molar-refractivity contribution >= 4 is 33.8 Å². The van der Waals surface area contributed by atoms with Crippen molar-refractivity contribution in [3.63, 3.8) is 0 Å². The van der Waals surface area contributed by atoms with Gasteiger partial charge in [-0.1, -0.05) is 37.3 Å². The summed E-state index contributed by atoms with van der Waals surface area (Å²) < 4.78 is 5.41. The Hall–Kier alpha value is -2.86. The van der Waals surface area contributed by atoms with Crippen LogP contribution in [0.5, 0.6) is 5.75 Å². The lowest BCUT2D eigenvalue weighted by atomic mass is 10.0. The van der Waals surface area contributed by atoms with Gasteiger partial charge >= 0.3 is 0 Å². The van der Waals surface area contributed by atoms with Gasteiger partial charge < -0.3 is 15.8 Å². The zero-order valence-electron chi connectivity index (χ0n) is 15.7. The van der Waals surface area contributed by atoms with Crippen LogP contribution in [-0.2, 0) is 0 Å². The van der Waals surface area contributed by atoms with Gasteiger partial charge in [0.25, 0.3) is 0 Å². The summed E-state index contributed by atoms with van der Waals surface area (Å²) in [5.41, 5.74) is 8.73. The molecule has 140 valence electrons. The Morgan fingerprint density at radius 1 is 1.15 bits per heavy atom. The first-order chi connectivity index (χ1) is 13.0. The molecule has 2 aromatic carbocycles. The van der Waals surface area contributed by atoms with E-state index in [1.807, 2.05) is 19.1 Å². The number of rotatable bonds is 7. The first-order valence-electron chi connectivity index (χ1n) is 8.88. The second kappa shape index (κ2) is 8.22. The van der Waals surface area contributed by atoms with Crippen LogP contribution < -0.4 is 15.8 Å². The number of hydrogen-bond donors (Lipinski definition) is 2.